The van der Waals surface area contributed by atoms with Gasteiger partial charge in [-0.05, 0) is 43.5 Å². The number of carbonyl (C=O) groups excluding carboxylic acids is 3. The number of rotatable bonds is 4. The van der Waals surface area contributed by atoms with Gasteiger partial charge in [0.15, 0.2) is 17.5 Å². The summed E-state index contributed by atoms with van der Waals surface area (Å²) in [5, 5.41) is 0.510. The van der Waals surface area contributed by atoms with E-state index in [1.54, 1.807) is 44.3 Å². The van der Waals surface area contributed by atoms with Crippen molar-refractivity contribution >= 4 is 34.8 Å². The summed E-state index contributed by atoms with van der Waals surface area (Å²) in [7, 11) is 1.59. The third-order valence-corrected chi connectivity index (χ3v) is 5.62. The highest BCUT2D eigenvalue weighted by Gasteiger charge is 2.54. The van der Waals surface area contributed by atoms with Crippen LogP contribution in [0.15, 0.2) is 41.3 Å². The van der Waals surface area contributed by atoms with Crippen LogP contribution in [0.3, 0.4) is 0 Å². The normalized spacial score (nSPS) is 22.0. The molecule has 2 aliphatic rings. The zero-order valence-electron chi connectivity index (χ0n) is 15.5. The monoisotopic (exact) mass is 398 g/mol. The van der Waals surface area contributed by atoms with E-state index in [0.29, 0.717) is 21.8 Å². The summed E-state index contributed by atoms with van der Waals surface area (Å²) >= 11 is 5.97. The lowest BCUT2D eigenvalue weighted by atomic mass is 9.93. The first kappa shape index (κ1) is 18.6. The van der Waals surface area contributed by atoms with E-state index in [-0.39, 0.29) is 17.3 Å². The van der Waals surface area contributed by atoms with Crippen molar-refractivity contribution in [2.45, 2.75) is 25.8 Å². The molecule has 1 saturated heterocycles. The van der Waals surface area contributed by atoms with Crippen LogP contribution in [0.1, 0.15) is 30.0 Å². The molecule has 1 aromatic carbocycles. The molecule has 7 heteroatoms. The van der Waals surface area contributed by atoms with Gasteiger partial charge in [-0.15, -0.1) is 0 Å². The maximum atomic E-state index is 13.2. The molecule has 6 nitrogen and oxygen atoms in total. The summed E-state index contributed by atoms with van der Waals surface area (Å²) in [6.45, 7) is 1.65. The van der Waals surface area contributed by atoms with Gasteiger partial charge in [-0.25, -0.2) is 0 Å². The van der Waals surface area contributed by atoms with Crippen LogP contribution in [-0.4, -0.2) is 22.0 Å². The van der Waals surface area contributed by atoms with E-state index < -0.39 is 23.7 Å². The predicted molar refractivity (Wildman–Crippen MR) is 104 cm³/mol. The molecule has 2 aromatic rings. The predicted octanol–water partition coefficient (Wildman–Crippen LogP) is 2.60. The standard InChI is InChI=1S/C21H19ClN2O4/c1-11-9-15(10-23(2)20(11)27)24-17(12-5-7-14(22)8-6-12)19(26)16(21(24)28)18(25)13-3-4-13/h5-10,13,16-17H,3-4H2,1-2H3. The van der Waals surface area contributed by atoms with E-state index in [9.17, 15) is 19.2 Å². The fourth-order valence-corrected chi connectivity index (χ4v) is 3.89. The van der Waals surface area contributed by atoms with Crippen molar-refractivity contribution in [3.05, 3.63) is 63.0 Å². The maximum Gasteiger partial charge on any atom is 0.253 e. The first-order valence-corrected chi connectivity index (χ1v) is 9.50. The summed E-state index contributed by atoms with van der Waals surface area (Å²) in [6.07, 6.45) is 2.97. The van der Waals surface area contributed by atoms with Crippen LogP contribution in [0.25, 0.3) is 0 Å². The van der Waals surface area contributed by atoms with E-state index in [0.717, 1.165) is 12.8 Å². The van der Waals surface area contributed by atoms with Gasteiger partial charge < -0.3 is 4.57 Å². The van der Waals surface area contributed by atoms with E-state index in [2.05, 4.69) is 0 Å². The number of hydrogen-bond acceptors (Lipinski definition) is 4. The zero-order valence-corrected chi connectivity index (χ0v) is 16.3. The number of anilines is 1. The van der Waals surface area contributed by atoms with Gasteiger partial charge in [-0.1, -0.05) is 23.7 Å². The topological polar surface area (TPSA) is 76.5 Å². The first-order valence-electron chi connectivity index (χ1n) is 9.13. The summed E-state index contributed by atoms with van der Waals surface area (Å²) < 4.78 is 1.37. The highest BCUT2D eigenvalue weighted by Crippen LogP contribution is 2.42. The molecular weight excluding hydrogens is 380 g/mol. The van der Waals surface area contributed by atoms with E-state index in [4.69, 9.17) is 11.6 Å². The van der Waals surface area contributed by atoms with Crippen molar-refractivity contribution < 1.29 is 14.4 Å². The van der Waals surface area contributed by atoms with E-state index >= 15 is 0 Å². The van der Waals surface area contributed by atoms with Crippen LogP contribution in [0.4, 0.5) is 5.69 Å². The van der Waals surface area contributed by atoms with E-state index in [1.165, 1.54) is 15.7 Å². The molecule has 2 heterocycles. The number of halogens is 1. The number of ketones is 2. The van der Waals surface area contributed by atoms with Crippen molar-refractivity contribution in [1.29, 1.82) is 0 Å². The number of benzene rings is 1. The SMILES string of the molecule is Cc1cc(N2C(=O)C(C(=O)C3CC3)C(=O)C2c2ccc(Cl)cc2)cn(C)c1=O. The lowest BCUT2D eigenvalue weighted by Gasteiger charge is -2.24. The number of Topliss-reactive ketones (excluding diaryl/α,β-unsaturated/α-hetero) is 2. The third-order valence-electron chi connectivity index (χ3n) is 5.37. The molecule has 28 heavy (non-hydrogen) atoms. The Morgan fingerprint density at radius 3 is 2.32 bits per heavy atom. The van der Waals surface area contributed by atoms with Crippen LogP contribution >= 0.6 is 11.6 Å². The molecule has 0 radical (unpaired) electrons. The third kappa shape index (κ3) is 2.98. The molecule has 1 saturated carbocycles. The highest BCUT2D eigenvalue weighted by atomic mass is 35.5. The molecule has 0 bridgehead atoms. The number of carbonyl (C=O) groups is 3. The van der Waals surface area contributed by atoms with Gasteiger partial charge in [-0.2, -0.15) is 0 Å². The van der Waals surface area contributed by atoms with Crippen molar-refractivity contribution in [3.63, 3.8) is 0 Å². The van der Waals surface area contributed by atoms with E-state index in [1.807, 2.05) is 0 Å². The lowest BCUT2D eigenvalue weighted by molar-refractivity contribution is -0.136. The quantitative estimate of drug-likeness (QED) is 0.742. The second kappa shape index (κ2) is 6.71. The van der Waals surface area contributed by atoms with Crippen molar-refractivity contribution in [1.82, 2.24) is 4.57 Å². The minimum atomic E-state index is -1.29. The number of aryl methyl sites for hydroxylation is 2. The Hall–Kier alpha value is -2.73. The first-order chi connectivity index (χ1) is 13.3. The van der Waals surface area contributed by atoms with Gasteiger partial charge in [0, 0.05) is 29.7 Å². The molecule has 2 fully saturated rings. The average Bonchev–Trinajstić information content (AvgIpc) is 3.46. The molecule has 1 aliphatic carbocycles. The van der Waals surface area contributed by atoms with Crippen LogP contribution in [0.5, 0.6) is 0 Å². The molecule has 2 unspecified atom stereocenters. The van der Waals surface area contributed by atoms with Crippen LogP contribution in [0.2, 0.25) is 5.02 Å². The zero-order chi connectivity index (χ0) is 20.2. The minimum Gasteiger partial charge on any atom is -0.316 e. The summed E-state index contributed by atoms with van der Waals surface area (Å²) in [4.78, 5) is 52.5. The summed E-state index contributed by atoms with van der Waals surface area (Å²) in [5.41, 5.74) is 1.27. The van der Waals surface area contributed by atoms with Crippen LogP contribution in [0, 0.1) is 18.8 Å². The minimum absolute atomic E-state index is 0.185. The number of hydrogen-bond donors (Lipinski definition) is 0. The number of nitrogens with zero attached hydrogens (tertiary/aromatic N) is 2. The molecule has 4 rings (SSSR count). The Kier molecular flexibility index (Phi) is 4.46. The highest BCUT2D eigenvalue weighted by molar-refractivity contribution is 6.31. The Bertz CT molecular complexity index is 1030. The van der Waals surface area contributed by atoms with Gasteiger partial charge in [0.05, 0.1) is 5.69 Å². The second-order valence-electron chi connectivity index (χ2n) is 7.47. The van der Waals surface area contributed by atoms with Crippen molar-refractivity contribution in [2.75, 3.05) is 4.90 Å². The molecule has 144 valence electrons. The summed E-state index contributed by atoms with van der Waals surface area (Å²) in [5.74, 6) is -2.73. The molecular formula is C21H19ClN2O4. The molecule has 1 aliphatic heterocycles. The second-order valence-corrected chi connectivity index (χ2v) is 7.91. The smallest absolute Gasteiger partial charge is 0.253 e. The Morgan fingerprint density at radius 2 is 1.75 bits per heavy atom. The molecule has 0 spiro atoms. The molecule has 0 N–H and O–H groups in total. The number of aromatic nitrogens is 1. The van der Waals surface area contributed by atoms with Crippen molar-refractivity contribution in [3.8, 4) is 0 Å². The fourth-order valence-electron chi connectivity index (χ4n) is 3.76. The van der Waals surface area contributed by atoms with Crippen LogP contribution in [-0.2, 0) is 21.4 Å². The molecule has 1 aromatic heterocycles. The number of amides is 1. The molecule has 2 atom stereocenters. The Morgan fingerprint density at radius 1 is 1.11 bits per heavy atom. The van der Waals surface area contributed by atoms with Crippen molar-refractivity contribution in [2.24, 2.45) is 18.9 Å². The average molecular weight is 399 g/mol. The molecule has 1 amide bonds. The summed E-state index contributed by atoms with van der Waals surface area (Å²) in [6, 6.07) is 7.33. The van der Waals surface area contributed by atoms with Gasteiger partial charge in [0.1, 0.15) is 6.04 Å². The largest absolute Gasteiger partial charge is 0.316 e. The van der Waals surface area contributed by atoms with Gasteiger partial charge in [-0.3, -0.25) is 24.1 Å². The Balaban J connectivity index is 1.85. The maximum absolute atomic E-state index is 13.2. The van der Waals surface area contributed by atoms with Crippen LogP contribution < -0.4 is 10.5 Å². The van der Waals surface area contributed by atoms with Gasteiger partial charge in [0.25, 0.3) is 5.56 Å². The van der Waals surface area contributed by atoms with Gasteiger partial charge in [0.2, 0.25) is 5.91 Å². The van der Waals surface area contributed by atoms with Gasteiger partial charge >= 0.3 is 0 Å². The fraction of sp³-hybridized carbons (Fsp3) is 0.333. The Labute approximate surface area is 166 Å². The number of pyridine rings is 1. The lowest BCUT2D eigenvalue weighted by Crippen LogP contribution is -2.33.